The van der Waals surface area contributed by atoms with Gasteiger partial charge in [0.2, 0.25) is 21.8 Å². The van der Waals surface area contributed by atoms with E-state index in [0.717, 1.165) is 29.4 Å². The Morgan fingerprint density at radius 3 is 2.35 bits per heavy atom. The van der Waals surface area contributed by atoms with E-state index < -0.39 is 16.1 Å². The fourth-order valence-corrected chi connectivity index (χ4v) is 5.98. The summed E-state index contributed by atoms with van der Waals surface area (Å²) in [6.45, 7) is 6.01. The minimum atomic E-state index is -3.65. The number of carbonyl (C=O) groups is 2. The second-order valence-electron chi connectivity index (χ2n) is 10.8. The first-order chi connectivity index (χ1) is 20.4. The van der Waals surface area contributed by atoms with Crippen molar-refractivity contribution in [1.29, 1.82) is 0 Å². The van der Waals surface area contributed by atoms with Gasteiger partial charge in [0.05, 0.1) is 19.1 Å². The fourth-order valence-electron chi connectivity index (χ4n) is 4.80. The van der Waals surface area contributed by atoms with Gasteiger partial charge in [0.1, 0.15) is 11.8 Å². The lowest BCUT2D eigenvalue weighted by atomic mass is 10.0. The molecule has 0 saturated heterocycles. The monoisotopic (exact) mass is 627 g/mol. The van der Waals surface area contributed by atoms with Crippen molar-refractivity contribution in [1.82, 2.24) is 10.2 Å². The van der Waals surface area contributed by atoms with Gasteiger partial charge in [-0.15, -0.1) is 0 Å². The van der Waals surface area contributed by atoms with E-state index in [1.165, 1.54) is 4.31 Å². The molecule has 0 aromatic heterocycles. The molecule has 0 saturated carbocycles. The highest BCUT2D eigenvalue weighted by atomic mass is 35.5. The Bertz CT molecular complexity index is 1480. The van der Waals surface area contributed by atoms with E-state index in [1.54, 1.807) is 30.2 Å². The van der Waals surface area contributed by atoms with Gasteiger partial charge < -0.3 is 15.0 Å². The molecule has 0 aliphatic heterocycles. The van der Waals surface area contributed by atoms with Crippen molar-refractivity contribution in [3.63, 3.8) is 0 Å². The van der Waals surface area contributed by atoms with E-state index in [2.05, 4.69) is 5.32 Å². The summed E-state index contributed by atoms with van der Waals surface area (Å²) in [5.74, 6) is 0.162. The minimum Gasteiger partial charge on any atom is -0.497 e. The number of aryl methyl sites for hydroxylation is 1. The van der Waals surface area contributed by atoms with Crippen LogP contribution in [0, 0.1) is 6.92 Å². The zero-order valence-corrected chi connectivity index (χ0v) is 27.1. The molecule has 3 aromatic carbocycles. The first-order valence-corrected chi connectivity index (χ1v) is 16.7. The SMILES string of the molecule is CC[C@H](C)NC(=O)[C@H](Cc1ccccc1)N(Cc1cccc(OC)c1)C(=O)CCCN(c1cc(Cl)ccc1C)S(C)(=O)=O. The number of methoxy groups -OCH3 is 1. The summed E-state index contributed by atoms with van der Waals surface area (Å²) >= 11 is 6.18. The molecule has 0 aliphatic carbocycles. The van der Waals surface area contributed by atoms with Gasteiger partial charge >= 0.3 is 0 Å². The summed E-state index contributed by atoms with van der Waals surface area (Å²) in [7, 11) is -2.07. The van der Waals surface area contributed by atoms with E-state index in [-0.39, 0.29) is 43.8 Å². The lowest BCUT2D eigenvalue weighted by Crippen LogP contribution is -2.52. The Kier molecular flexibility index (Phi) is 12.5. The molecule has 2 amide bonds. The van der Waals surface area contributed by atoms with Crippen LogP contribution in [0.3, 0.4) is 0 Å². The summed E-state index contributed by atoms with van der Waals surface area (Å²) < 4.78 is 32.2. The zero-order valence-electron chi connectivity index (χ0n) is 25.5. The van der Waals surface area contributed by atoms with Gasteiger partial charge in [-0.3, -0.25) is 13.9 Å². The molecule has 43 heavy (non-hydrogen) atoms. The topological polar surface area (TPSA) is 96.0 Å². The molecule has 3 aromatic rings. The van der Waals surface area contributed by atoms with E-state index in [1.807, 2.05) is 75.4 Å². The smallest absolute Gasteiger partial charge is 0.243 e. The van der Waals surface area contributed by atoms with Crippen molar-refractivity contribution in [3.05, 3.63) is 94.5 Å². The number of nitrogens with one attached hydrogen (secondary N) is 1. The summed E-state index contributed by atoms with van der Waals surface area (Å²) in [4.78, 5) is 29.3. The number of nitrogens with zero attached hydrogens (tertiary/aromatic N) is 2. The highest BCUT2D eigenvalue weighted by Gasteiger charge is 2.31. The van der Waals surface area contributed by atoms with Gasteiger partial charge in [0.25, 0.3) is 0 Å². The molecule has 232 valence electrons. The molecular weight excluding hydrogens is 586 g/mol. The van der Waals surface area contributed by atoms with Gasteiger partial charge in [-0.1, -0.05) is 67.1 Å². The Morgan fingerprint density at radius 1 is 1.00 bits per heavy atom. The zero-order chi connectivity index (χ0) is 31.6. The normalized spacial score (nSPS) is 12.7. The number of amides is 2. The number of carbonyl (C=O) groups excluding carboxylic acids is 2. The summed E-state index contributed by atoms with van der Waals surface area (Å²) in [5, 5.41) is 3.49. The maximum atomic E-state index is 14.0. The maximum absolute atomic E-state index is 14.0. The molecule has 0 bridgehead atoms. The quantitative estimate of drug-likeness (QED) is 0.231. The first-order valence-electron chi connectivity index (χ1n) is 14.4. The third-order valence-electron chi connectivity index (χ3n) is 7.35. The Balaban J connectivity index is 1.93. The average Bonchev–Trinajstić information content (AvgIpc) is 2.98. The van der Waals surface area contributed by atoms with Gasteiger partial charge in [0, 0.05) is 37.0 Å². The van der Waals surface area contributed by atoms with Gasteiger partial charge in [-0.05, 0) is 67.6 Å². The van der Waals surface area contributed by atoms with Crippen molar-refractivity contribution in [2.45, 2.75) is 65.1 Å². The van der Waals surface area contributed by atoms with Crippen LogP contribution in [0.1, 0.15) is 49.8 Å². The number of halogens is 1. The molecule has 0 heterocycles. The Morgan fingerprint density at radius 2 is 1.70 bits per heavy atom. The fraction of sp³-hybridized carbons (Fsp3) is 0.394. The largest absolute Gasteiger partial charge is 0.497 e. The van der Waals surface area contributed by atoms with Crippen LogP contribution in [-0.2, 0) is 32.6 Å². The highest BCUT2D eigenvalue weighted by Crippen LogP contribution is 2.27. The molecule has 0 unspecified atom stereocenters. The number of rotatable bonds is 15. The second-order valence-corrected chi connectivity index (χ2v) is 13.1. The van der Waals surface area contributed by atoms with E-state index in [4.69, 9.17) is 16.3 Å². The summed E-state index contributed by atoms with van der Waals surface area (Å²) in [5.41, 5.74) is 2.97. The van der Waals surface area contributed by atoms with Crippen molar-refractivity contribution in [2.75, 3.05) is 24.2 Å². The van der Waals surface area contributed by atoms with E-state index in [0.29, 0.717) is 22.9 Å². The van der Waals surface area contributed by atoms with E-state index >= 15 is 0 Å². The molecular formula is C33H42ClN3O5S. The molecule has 3 rings (SSSR count). The summed E-state index contributed by atoms with van der Waals surface area (Å²) in [6.07, 6.45) is 2.50. The number of hydrogen-bond donors (Lipinski definition) is 1. The third-order valence-corrected chi connectivity index (χ3v) is 8.77. The number of ether oxygens (including phenoxy) is 1. The number of benzene rings is 3. The Hall–Kier alpha value is -3.56. The van der Waals surface area contributed by atoms with Crippen molar-refractivity contribution < 1.29 is 22.7 Å². The second kappa shape index (κ2) is 15.8. The lowest BCUT2D eigenvalue weighted by molar-refractivity contribution is -0.141. The van der Waals surface area contributed by atoms with Gasteiger partial charge in [-0.2, -0.15) is 0 Å². The molecule has 1 N–H and O–H groups in total. The first kappa shape index (κ1) is 33.9. The average molecular weight is 628 g/mol. The maximum Gasteiger partial charge on any atom is 0.243 e. The summed E-state index contributed by atoms with van der Waals surface area (Å²) in [6, 6.07) is 21.3. The van der Waals surface area contributed by atoms with Crippen LogP contribution in [0.4, 0.5) is 5.69 Å². The van der Waals surface area contributed by atoms with Crippen LogP contribution >= 0.6 is 11.6 Å². The van der Waals surface area contributed by atoms with Crippen LogP contribution in [-0.4, -0.2) is 57.1 Å². The van der Waals surface area contributed by atoms with Gasteiger partial charge in [-0.25, -0.2) is 8.42 Å². The molecule has 2 atom stereocenters. The van der Waals surface area contributed by atoms with Crippen LogP contribution in [0.25, 0.3) is 0 Å². The molecule has 0 spiro atoms. The number of sulfonamides is 1. The lowest BCUT2D eigenvalue weighted by Gasteiger charge is -2.33. The molecule has 0 radical (unpaired) electrons. The number of anilines is 1. The number of hydrogen-bond acceptors (Lipinski definition) is 5. The minimum absolute atomic E-state index is 0.0392. The molecule has 0 fully saturated rings. The molecule has 10 heteroatoms. The van der Waals surface area contributed by atoms with E-state index in [9.17, 15) is 18.0 Å². The van der Waals surface area contributed by atoms with Crippen molar-refractivity contribution >= 4 is 39.1 Å². The molecule has 0 aliphatic rings. The Labute approximate surface area is 261 Å². The standard InChI is InChI=1S/C33H42ClN3O5S/c1-6-25(3)35-33(39)31(21-26-12-8-7-9-13-26)36(23-27-14-10-15-29(20-27)42-4)32(38)16-11-19-37(43(5,40)41)30-22-28(34)18-17-24(30)2/h7-10,12-15,17-18,20,22,25,31H,6,11,16,19,21,23H2,1-5H3,(H,35,39)/t25-,31-/m0/s1. The highest BCUT2D eigenvalue weighted by molar-refractivity contribution is 7.92. The van der Waals surface area contributed by atoms with Crippen LogP contribution in [0.2, 0.25) is 5.02 Å². The predicted molar refractivity (Wildman–Crippen MR) is 173 cm³/mol. The van der Waals surface area contributed by atoms with Gasteiger partial charge in [0.15, 0.2) is 0 Å². The third kappa shape index (κ3) is 10.0. The van der Waals surface area contributed by atoms with Crippen molar-refractivity contribution in [3.8, 4) is 5.75 Å². The van der Waals surface area contributed by atoms with Crippen LogP contribution in [0.5, 0.6) is 5.75 Å². The van der Waals surface area contributed by atoms with Crippen LogP contribution in [0.15, 0.2) is 72.8 Å². The van der Waals surface area contributed by atoms with Crippen LogP contribution < -0.4 is 14.4 Å². The van der Waals surface area contributed by atoms with Crippen molar-refractivity contribution in [2.24, 2.45) is 0 Å². The molecule has 8 nitrogen and oxygen atoms in total. The predicted octanol–water partition coefficient (Wildman–Crippen LogP) is 5.76.